The van der Waals surface area contributed by atoms with Crippen molar-refractivity contribution in [1.29, 1.82) is 5.26 Å². The fraction of sp³-hybridized carbons (Fsp3) is 0.500. The fourth-order valence-electron chi connectivity index (χ4n) is 2.43. The van der Waals surface area contributed by atoms with Gasteiger partial charge in [0.05, 0.1) is 12.2 Å². The van der Waals surface area contributed by atoms with Gasteiger partial charge < -0.3 is 9.47 Å². The summed E-state index contributed by atoms with van der Waals surface area (Å²) < 4.78 is 10.6. The SMILES string of the molecule is N#Cc1ccccc1OCC(=O)OCC1CCCCC1. The molecule has 0 radical (unpaired) electrons. The van der Waals surface area contributed by atoms with E-state index in [1.807, 2.05) is 6.07 Å². The Balaban J connectivity index is 1.73. The molecule has 0 heterocycles. The van der Waals surface area contributed by atoms with Crippen molar-refractivity contribution in [3.05, 3.63) is 29.8 Å². The standard InChI is InChI=1S/C16H19NO3/c17-10-14-8-4-5-9-15(14)19-12-16(18)20-11-13-6-2-1-3-7-13/h4-5,8-9,13H,1-3,6-7,11-12H2. The van der Waals surface area contributed by atoms with Crippen LogP contribution in [0.1, 0.15) is 37.7 Å². The van der Waals surface area contributed by atoms with Crippen LogP contribution in [0.4, 0.5) is 0 Å². The molecule has 4 nitrogen and oxygen atoms in total. The van der Waals surface area contributed by atoms with Crippen molar-refractivity contribution in [2.24, 2.45) is 5.92 Å². The van der Waals surface area contributed by atoms with Crippen molar-refractivity contribution in [3.8, 4) is 11.8 Å². The highest BCUT2D eigenvalue weighted by molar-refractivity contribution is 5.71. The van der Waals surface area contributed by atoms with Gasteiger partial charge in [-0.25, -0.2) is 4.79 Å². The number of esters is 1. The van der Waals surface area contributed by atoms with Crippen LogP contribution < -0.4 is 4.74 Å². The Morgan fingerprint density at radius 2 is 2.00 bits per heavy atom. The Bertz CT molecular complexity index is 487. The summed E-state index contributed by atoms with van der Waals surface area (Å²) in [6.07, 6.45) is 6.04. The molecule has 106 valence electrons. The second-order valence-electron chi connectivity index (χ2n) is 5.08. The minimum atomic E-state index is -0.372. The summed E-state index contributed by atoms with van der Waals surface area (Å²) in [6, 6.07) is 8.88. The summed E-state index contributed by atoms with van der Waals surface area (Å²) in [6.45, 7) is 0.341. The van der Waals surface area contributed by atoms with E-state index >= 15 is 0 Å². The smallest absolute Gasteiger partial charge is 0.344 e. The number of hydrogen-bond acceptors (Lipinski definition) is 4. The van der Waals surface area contributed by atoms with Crippen molar-refractivity contribution in [3.63, 3.8) is 0 Å². The lowest BCUT2D eigenvalue weighted by Crippen LogP contribution is -2.20. The van der Waals surface area contributed by atoms with Crippen LogP contribution in [-0.4, -0.2) is 19.2 Å². The molecule has 0 amide bonds. The van der Waals surface area contributed by atoms with Crippen molar-refractivity contribution < 1.29 is 14.3 Å². The number of rotatable bonds is 5. The van der Waals surface area contributed by atoms with Crippen molar-refractivity contribution in [2.45, 2.75) is 32.1 Å². The van der Waals surface area contributed by atoms with Gasteiger partial charge in [-0.05, 0) is 30.9 Å². The molecule has 0 saturated heterocycles. The molecule has 0 aromatic heterocycles. The lowest BCUT2D eigenvalue weighted by molar-refractivity contribution is -0.147. The normalized spacial score (nSPS) is 15.3. The van der Waals surface area contributed by atoms with Crippen LogP contribution in [0.2, 0.25) is 0 Å². The van der Waals surface area contributed by atoms with Crippen LogP contribution in [0.15, 0.2) is 24.3 Å². The molecule has 1 saturated carbocycles. The van der Waals surface area contributed by atoms with Gasteiger partial charge in [0.1, 0.15) is 11.8 Å². The van der Waals surface area contributed by atoms with Crippen LogP contribution in [0.3, 0.4) is 0 Å². The van der Waals surface area contributed by atoms with E-state index in [-0.39, 0.29) is 12.6 Å². The van der Waals surface area contributed by atoms with Crippen LogP contribution in [0.25, 0.3) is 0 Å². The molecule has 0 bridgehead atoms. The van der Waals surface area contributed by atoms with E-state index in [2.05, 4.69) is 0 Å². The van der Waals surface area contributed by atoms with Gasteiger partial charge in [0.2, 0.25) is 0 Å². The minimum absolute atomic E-state index is 0.147. The quantitative estimate of drug-likeness (QED) is 0.774. The molecule has 2 rings (SSSR count). The van der Waals surface area contributed by atoms with Gasteiger partial charge >= 0.3 is 5.97 Å². The van der Waals surface area contributed by atoms with Crippen molar-refractivity contribution in [1.82, 2.24) is 0 Å². The third-order valence-corrected chi connectivity index (χ3v) is 3.56. The second kappa shape index (κ2) is 7.54. The molecule has 0 atom stereocenters. The van der Waals surface area contributed by atoms with E-state index in [1.165, 1.54) is 19.3 Å². The Kier molecular flexibility index (Phi) is 5.43. The molecule has 1 aromatic rings. The van der Waals surface area contributed by atoms with E-state index in [0.717, 1.165) is 12.8 Å². The van der Waals surface area contributed by atoms with Gasteiger partial charge in [0.25, 0.3) is 0 Å². The predicted octanol–water partition coefficient (Wildman–Crippen LogP) is 3.06. The third kappa shape index (κ3) is 4.27. The molecule has 0 unspecified atom stereocenters. The summed E-state index contributed by atoms with van der Waals surface area (Å²) in [5, 5.41) is 8.91. The zero-order valence-corrected chi connectivity index (χ0v) is 11.5. The molecule has 0 aliphatic heterocycles. The van der Waals surface area contributed by atoms with Gasteiger partial charge in [-0.1, -0.05) is 31.4 Å². The molecular formula is C16H19NO3. The van der Waals surface area contributed by atoms with Gasteiger partial charge in [-0.15, -0.1) is 0 Å². The highest BCUT2D eigenvalue weighted by atomic mass is 16.6. The predicted molar refractivity (Wildman–Crippen MR) is 74.2 cm³/mol. The van der Waals surface area contributed by atoms with Crippen LogP contribution in [-0.2, 0) is 9.53 Å². The van der Waals surface area contributed by atoms with Crippen LogP contribution in [0, 0.1) is 17.2 Å². The Labute approximate surface area is 119 Å². The summed E-state index contributed by atoms with van der Waals surface area (Å²) in [4.78, 5) is 11.6. The Morgan fingerprint density at radius 3 is 2.75 bits per heavy atom. The number of benzene rings is 1. The first kappa shape index (κ1) is 14.4. The number of nitriles is 1. The first-order valence-corrected chi connectivity index (χ1v) is 7.07. The molecule has 20 heavy (non-hydrogen) atoms. The summed E-state index contributed by atoms with van der Waals surface area (Å²) in [5.74, 6) is 0.548. The van der Waals surface area contributed by atoms with Gasteiger partial charge in [-0.2, -0.15) is 5.26 Å². The average Bonchev–Trinajstić information content (AvgIpc) is 2.52. The van der Waals surface area contributed by atoms with Crippen molar-refractivity contribution in [2.75, 3.05) is 13.2 Å². The Morgan fingerprint density at radius 1 is 1.25 bits per heavy atom. The summed E-state index contributed by atoms with van der Waals surface area (Å²) >= 11 is 0. The molecule has 1 aliphatic rings. The minimum Gasteiger partial charge on any atom is -0.481 e. The van der Waals surface area contributed by atoms with E-state index in [9.17, 15) is 4.79 Å². The summed E-state index contributed by atoms with van der Waals surface area (Å²) in [5.41, 5.74) is 0.424. The average molecular weight is 273 g/mol. The number of hydrogen-bond donors (Lipinski definition) is 0. The topological polar surface area (TPSA) is 59.3 Å². The van der Waals surface area contributed by atoms with Gasteiger partial charge in [0.15, 0.2) is 6.61 Å². The number of ether oxygens (including phenoxy) is 2. The van der Waals surface area contributed by atoms with Crippen LogP contribution in [0.5, 0.6) is 5.75 Å². The zero-order chi connectivity index (χ0) is 14.2. The molecule has 1 aliphatic carbocycles. The Hall–Kier alpha value is -2.02. The van der Waals surface area contributed by atoms with E-state index in [4.69, 9.17) is 14.7 Å². The van der Waals surface area contributed by atoms with E-state index in [0.29, 0.717) is 23.8 Å². The molecule has 0 spiro atoms. The fourth-order valence-corrected chi connectivity index (χ4v) is 2.43. The molecular weight excluding hydrogens is 254 g/mol. The molecule has 1 aromatic carbocycles. The lowest BCUT2D eigenvalue weighted by Gasteiger charge is -2.21. The number of nitrogens with zero attached hydrogens (tertiary/aromatic N) is 1. The van der Waals surface area contributed by atoms with E-state index < -0.39 is 0 Å². The van der Waals surface area contributed by atoms with Gasteiger partial charge in [-0.3, -0.25) is 0 Å². The lowest BCUT2D eigenvalue weighted by atomic mass is 9.90. The third-order valence-electron chi connectivity index (χ3n) is 3.56. The maximum Gasteiger partial charge on any atom is 0.344 e. The van der Waals surface area contributed by atoms with Crippen LogP contribution >= 0.6 is 0 Å². The summed E-state index contributed by atoms with van der Waals surface area (Å²) in [7, 11) is 0. The molecule has 1 fully saturated rings. The maximum atomic E-state index is 11.6. The zero-order valence-electron chi connectivity index (χ0n) is 11.5. The van der Waals surface area contributed by atoms with E-state index in [1.54, 1.807) is 24.3 Å². The highest BCUT2D eigenvalue weighted by Crippen LogP contribution is 2.23. The molecule has 0 N–H and O–H groups in total. The first-order chi connectivity index (χ1) is 9.79. The largest absolute Gasteiger partial charge is 0.481 e. The monoisotopic (exact) mass is 273 g/mol. The van der Waals surface area contributed by atoms with Gasteiger partial charge in [0, 0.05) is 0 Å². The number of carbonyl (C=O) groups is 1. The maximum absolute atomic E-state index is 11.6. The van der Waals surface area contributed by atoms with Crippen molar-refractivity contribution >= 4 is 5.97 Å². The number of para-hydroxylation sites is 1. The molecule has 4 heteroatoms. The second-order valence-corrected chi connectivity index (χ2v) is 5.08. The highest BCUT2D eigenvalue weighted by Gasteiger charge is 2.16. The number of carbonyl (C=O) groups excluding carboxylic acids is 1. The first-order valence-electron chi connectivity index (χ1n) is 7.07.